The predicted molar refractivity (Wildman–Crippen MR) is 72.2 cm³/mol. The van der Waals surface area contributed by atoms with Gasteiger partial charge in [-0.2, -0.15) is 0 Å². The van der Waals surface area contributed by atoms with Crippen LogP contribution in [0.5, 0.6) is 0 Å². The summed E-state index contributed by atoms with van der Waals surface area (Å²) in [5, 5.41) is 28.8. The van der Waals surface area contributed by atoms with E-state index in [1.54, 1.807) is 0 Å². The number of hydrogen-bond donors (Lipinski definition) is 5. The monoisotopic (exact) mass is 315 g/mol. The number of nitrogens with one attached hydrogen (secondary N) is 1. The number of aliphatic hydroxyl groups is 2. The first-order valence-corrected chi connectivity index (χ1v) is 6.54. The smallest absolute Gasteiger partial charge is 0.330 e. The summed E-state index contributed by atoms with van der Waals surface area (Å²) >= 11 is 0. The van der Waals surface area contributed by atoms with Crippen LogP contribution in [0.1, 0.15) is 18.2 Å². The molecule has 1 aromatic heterocycles. The topological polar surface area (TPSA) is 168 Å². The van der Waals surface area contributed by atoms with E-state index in [1.807, 2.05) is 4.98 Å². The number of hydrogen-bond acceptors (Lipinski definition) is 7. The van der Waals surface area contributed by atoms with Crippen LogP contribution >= 0.6 is 0 Å². The second kappa shape index (κ2) is 6.01. The molecule has 5 atom stereocenters. The summed E-state index contributed by atoms with van der Waals surface area (Å²) < 4.78 is 6.27. The minimum absolute atomic E-state index is 0.189. The molecule has 2 heterocycles. The number of carboxylic acids is 1. The Hall–Kier alpha value is -2.01. The van der Waals surface area contributed by atoms with Gasteiger partial charge < -0.3 is 25.8 Å². The Morgan fingerprint density at radius 2 is 2.14 bits per heavy atom. The van der Waals surface area contributed by atoms with Crippen molar-refractivity contribution in [2.75, 3.05) is 0 Å². The number of aliphatic hydroxyl groups excluding tert-OH is 2. The van der Waals surface area contributed by atoms with E-state index in [2.05, 4.69) is 0 Å². The number of ether oxygens (including phenoxy) is 1. The van der Waals surface area contributed by atoms with Crippen LogP contribution in [0.4, 0.5) is 0 Å². The second-order valence-electron chi connectivity index (χ2n) is 5.20. The van der Waals surface area contributed by atoms with E-state index in [4.69, 9.17) is 15.6 Å². The zero-order chi connectivity index (χ0) is 16.6. The molecule has 1 saturated heterocycles. The average Bonchev–Trinajstić information content (AvgIpc) is 2.45. The third-order valence-electron chi connectivity index (χ3n) is 3.58. The Morgan fingerprint density at radius 3 is 2.73 bits per heavy atom. The van der Waals surface area contributed by atoms with Crippen LogP contribution in [0.25, 0.3) is 0 Å². The van der Waals surface area contributed by atoms with Crippen molar-refractivity contribution in [2.24, 2.45) is 5.73 Å². The van der Waals surface area contributed by atoms with Gasteiger partial charge >= 0.3 is 11.7 Å². The lowest BCUT2D eigenvalue weighted by atomic mass is 9.97. The van der Waals surface area contributed by atoms with E-state index >= 15 is 0 Å². The van der Waals surface area contributed by atoms with Crippen LogP contribution in [0.3, 0.4) is 0 Å². The summed E-state index contributed by atoms with van der Waals surface area (Å²) in [6.07, 6.45) is -4.28. The summed E-state index contributed by atoms with van der Waals surface area (Å²) in [6.45, 7) is 1.45. The van der Waals surface area contributed by atoms with Gasteiger partial charge in [0.25, 0.3) is 5.56 Å². The van der Waals surface area contributed by atoms with Crippen molar-refractivity contribution in [2.45, 2.75) is 43.9 Å². The molecule has 22 heavy (non-hydrogen) atoms. The summed E-state index contributed by atoms with van der Waals surface area (Å²) in [7, 11) is 0. The number of nitrogens with two attached hydrogens (primary N) is 1. The summed E-state index contributed by atoms with van der Waals surface area (Å²) in [5.74, 6) is -1.34. The summed E-state index contributed by atoms with van der Waals surface area (Å²) in [6, 6.07) is -1.43. The zero-order valence-electron chi connectivity index (χ0n) is 11.7. The van der Waals surface area contributed by atoms with Gasteiger partial charge in [-0.15, -0.1) is 0 Å². The first-order valence-electron chi connectivity index (χ1n) is 6.54. The van der Waals surface area contributed by atoms with Gasteiger partial charge in [0, 0.05) is 18.2 Å². The second-order valence-corrected chi connectivity index (χ2v) is 5.20. The number of aryl methyl sites for hydroxylation is 1. The Kier molecular flexibility index (Phi) is 4.47. The number of carboxylic acid groups (broad SMARTS) is 1. The molecule has 0 aromatic carbocycles. The fourth-order valence-corrected chi connectivity index (χ4v) is 2.28. The summed E-state index contributed by atoms with van der Waals surface area (Å²) in [4.78, 5) is 36.2. The molecule has 1 aliphatic heterocycles. The summed E-state index contributed by atoms with van der Waals surface area (Å²) in [5.41, 5.74) is 4.22. The maximum Gasteiger partial charge on any atom is 0.330 e. The Labute approximate surface area is 123 Å². The molecule has 0 saturated carbocycles. The van der Waals surface area contributed by atoms with E-state index in [9.17, 15) is 24.6 Å². The van der Waals surface area contributed by atoms with Gasteiger partial charge in [-0.3, -0.25) is 19.1 Å². The molecule has 10 nitrogen and oxygen atoms in total. The fourth-order valence-electron chi connectivity index (χ4n) is 2.28. The minimum atomic E-state index is -1.47. The van der Waals surface area contributed by atoms with Crippen molar-refractivity contribution in [3.05, 3.63) is 32.6 Å². The van der Waals surface area contributed by atoms with E-state index in [0.29, 0.717) is 0 Å². The van der Waals surface area contributed by atoms with Crippen LogP contribution in [0.15, 0.2) is 15.8 Å². The van der Waals surface area contributed by atoms with E-state index in [-0.39, 0.29) is 12.0 Å². The Morgan fingerprint density at radius 1 is 1.50 bits per heavy atom. The molecule has 0 aliphatic carbocycles. The molecule has 0 radical (unpaired) electrons. The van der Waals surface area contributed by atoms with E-state index in [0.717, 1.165) is 10.8 Å². The molecule has 10 heteroatoms. The zero-order valence-corrected chi connectivity index (χ0v) is 11.7. The maximum atomic E-state index is 11.8. The van der Waals surface area contributed by atoms with E-state index in [1.165, 1.54) is 6.92 Å². The highest BCUT2D eigenvalue weighted by molar-refractivity contribution is 5.73. The third-order valence-corrected chi connectivity index (χ3v) is 3.58. The van der Waals surface area contributed by atoms with Gasteiger partial charge in [-0.05, 0) is 6.92 Å². The van der Waals surface area contributed by atoms with Crippen molar-refractivity contribution in [1.82, 2.24) is 9.55 Å². The molecule has 0 spiro atoms. The first-order chi connectivity index (χ1) is 10.2. The number of aromatic nitrogens is 2. The quantitative estimate of drug-likeness (QED) is 0.400. The molecular formula is C12H17N3O7. The van der Waals surface area contributed by atoms with Crippen LogP contribution in [-0.4, -0.2) is 55.2 Å². The lowest BCUT2D eigenvalue weighted by molar-refractivity contribution is -0.206. The first kappa shape index (κ1) is 16.4. The molecule has 0 amide bonds. The van der Waals surface area contributed by atoms with Crippen molar-refractivity contribution >= 4 is 5.97 Å². The highest BCUT2D eigenvalue weighted by atomic mass is 16.5. The predicted octanol–water partition coefficient (Wildman–Crippen LogP) is -2.73. The lowest BCUT2D eigenvalue weighted by Crippen LogP contribution is -2.55. The average molecular weight is 315 g/mol. The largest absolute Gasteiger partial charge is 0.480 e. The molecule has 1 fully saturated rings. The molecule has 0 bridgehead atoms. The van der Waals surface area contributed by atoms with Gasteiger partial charge in [0.05, 0.1) is 12.2 Å². The molecule has 1 aliphatic rings. The standard InChI is InChI=1S/C12H17N3O7/c1-4-3-15(12(21)14-9(4)18)10-8(17)5(16)2-6(22-10)7(13)11(19)20/h3,5-8,10,16-17H,2,13H2,1H3,(H,19,20)(H,14,18,21)/t5-,6+,7+,8-,10-/m1/s1. The Balaban J connectivity index is 2.40. The number of rotatable bonds is 3. The molecule has 6 N–H and O–H groups in total. The molecule has 2 rings (SSSR count). The maximum absolute atomic E-state index is 11.8. The Bertz CT molecular complexity index is 682. The highest BCUT2D eigenvalue weighted by Crippen LogP contribution is 2.28. The van der Waals surface area contributed by atoms with Crippen LogP contribution in [0, 0.1) is 6.92 Å². The van der Waals surface area contributed by atoms with Gasteiger partial charge in [0.1, 0.15) is 12.1 Å². The van der Waals surface area contributed by atoms with E-state index < -0.39 is 47.8 Å². The van der Waals surface area contributed by atoms with Gasteiger partial charge in [0.2, 0.25) is 0 Å². The van der Waals surface area contributed by atoms with Crippen LogP contribution in [-0.2, 0) is 9.53 Å². The SMILES string of the molecule is Cc1cn([C@@H]2O[C@H]([C@H](N)C(=O)O)C[C@@H](O)[C@H]2O)c(=O)[nH]c1=O. The van der Waals surface area contributed by atoms with Crippen molar-refractivity contribution in [1.29, 1.82) is 0 Å². The number of nitrogens with zero attached hydrogens (tertiary/aromatic N) is 1. The fraction of sp³-hybridized carbons (Fsp3) is 0.583. The van der Waals surface area contributed by atoms with Gasteiger partial charge in [0.15, 0.2) is 6.23 Å². The van der Waals surface area contributed by atoms with Gasteiger partial charge in [-0.25, -0.2) is 4.79 Å². The number of aromatic amines is 1. The molecule has 1 aromatic rings. The third kappa shape index (κ3) is 2.95. The number of carbonyl (C=O) groups is 1. The molecular weight excluding hydrogens is 298 g/mol. The molecule has 122 valence electrons. The van der Waals surface area contributed by atoms with Crippen molar-refractivity contribution in [3.8, 4) is 0 Å². The van der Waals surface area contributed by atoms with Crippen molar-refractivity contribution in [3.63, 3.8) is 0 Å². The molecule has 0 unspecified atom stereocenters. The lowest BCUT2D eigenvalue weighted by Gasteiger charge is -2.38. The minimum Gasteiger partial charge on any atom is -0.480 e. The highest BCUT2D eigenvalue weighted by Gasteiger charge is 2.42. The number of H-pyrrole nitrogens is 1. The van der Waals surface area contributed by atoms with Crippen LogP contribution < -0.4 is 17.0 Å². The van der Waals surface area contributed by atoms with Crippen molar-refractivity contribution < 1.29 is 24.9 Å². The normalized spacial score (nSPS) is 30.0. The number of aliphatic carboxylic acids is 1. The van der Waals surface area contributed by atoms with Crippen LogP contribution in [0.2, 0.25) is 0 Å². The van der Waals surface area contributed by atoms with Gasteiger partial charge in [-0.1, -0.05) is 0 Å².